The zero-order valence-corrected chi connectivity index (χ0v) is 24.5. The van der Waals surface area contributed by atoms with Gasteiger partial charge in [-0.15, -0.1) is 0 Å². The maximum atomic E-state index is 13.2. The number of rotatable bonds is 9. The van der Waals surface area contributed by atoms with E-state index in [2.05, 4.69) is 40.7 Å². The SMILES string of the molecule is Cc1cc(CNc2ncc(S(=O)(=O)N3CCN(CC(=O)NC4CC4)CC3)cc2Cl)cc(C2CC2)c1.O=C(O)C(F)(F)F. The highest BCUT2D eigenvalue weighted by atomic mass is 35.5. The van der Waals surface area contributed by atoms with E-state index in [-0.39, 0.29) is 15.8 Å². The van der Waals surface area contributed by atoms with Crippen molar-refractivity contribution >= 4 is 39.3 Å². The second-order valence-corrected chi connectivity index (χ2v) is 13.1. The lowest BCUT2D eigenvalue weighted by molar-refractivity contribution is -0.192. The number of hydrogen-bond donors (Lipinski definition) is 3. The quantitative estimate of drug-likeness (QED) is 0.381. The summed E-state index contributed by atoms with van der Waals surface area (Å²) < 4.78 is 59.5. The summed E-state index contributed by atoms with van der Waals surface area (Å²) in [6.45, 7) is 4.65. The molecule has 0 bridgehead atoms. The number of carboxylic acids is 1. The van der Waals surface area contributed by atoms with Crippen LogP contribution < -0.4 is 10.6 Å². The fourth-order valence-corrected chi connectivity index (χ4v) is 6.20. The van der Waals surface area contributed by atoms with Crippen molar-refractivity contribution in [3.8, 4) is 0 Å². The molecule has 1 amide bonds. The monoisotopic (exact) mass is 631 g/mol. The number of nitrogens with zero attached hydrogens (tertiary/aromatic N) is 3. The number of carbonyl (C=O) groups excluding carboxylic acids is 1. The third-order valence-corrected chi connectivity index (χ3v) is 9.16. The normalized spacial score (nSPS) is 18.1. The van der Waals surface area contributed by atoms with Gasteiger partial charge in [-0.2, -0.15) is 17.5 Å². The van der Waals surface area contributed by atoms with Gasteiger partial charge in [0.05, 0.1) is 11.6 Å². The van der Waals surface area contributed by atoms with Gasteiger partial charge in [0.2, 0.25) is 15.9 Å². The summed E-state index contributed by atoms with van der Waals surface area (Å²) in [5, 5.41) is 13.6. The molecule has 2 aromatic rings. The number of benzene rings is 1. The van der Waals surface area contributed by atoms with Crippen LogP contribution in [0.25, 0.3) is 0 Å². The van der Waals surface area contributed by atoms with Crippen molar-refractivity contribution in [3.05, 3.63) is 52.2 Å². The Balaban J connectivity index is 0.000000517. The fraction of sp³-hybridized carbons (Fsp3) is 0.519. The summed E-state index contributed by atoms with van der Waals surface area (Å²) in [4.78, 5) is 27.3. The fourth-order valence-electron chi connectivity index (χ4n) is 4.51. The average molecular weight is 632 g/mol. The lowest BCUT2D eigenvalue weighted by atomic mass is 10.0. The molecule has 0 radical (unpaired) electrons. The van der Waals surface area contributed by atoms with Gasteiger partial charge in [0.1, 0.15) is 10.7 Å². The zero-order valence-electron chi connectivity index (χ0n) is 23.0. The van der Waals surface area contributed by atoms with Crippen LogP contribution in [0.5, 0.6) is 0 Å². The first-order chi connectivity index (χ1) is 19.7. The number of anilines is 1. The molecule has 3 aliphatic rings. The zero-order chi connectivity index (χ0) is 30.7. The molecule has 2 heterocycles. The molecular formula is C27H33ClF3N5O5S. The van der Waals surface area contributed by atoms with E-state index in [1.165, 1.54) is 40.5 Å². The standard InChI is InChI=1S/C25H32ClN5O3S.C2HF3O2/c1-17-10-18(12-20(11-17)19-2-3-19)14-27-25-23(26)13-22(15-28-25)35(33,34)31-8-6-30(7-9-31)16-24(32)29-21-4-5-21;3-2(4,5)1(6)7/h10-13,15,19,21H,2-9,14,16H2,1H3,(H,27,28)(H,29,32);(H,6,7). The Kier molecular flexibility index (Phi) is 10.0. The van der Waals surface area contributed by atoms with Crippen LogP contribution in [-0.4, -0.2) is 84.5 Å². The van der Waals surface area contributed by atoms with E-state index < -0.39 is 22.2 Å². The number of aryl methyl sites for hydroxylation is 1. The van der Waals surface area contributed by atoms with Crippen LogP contribution >= 0.6 is 11.6 Å². The number of amides is 1. The molecule has 1 aromatic heterocycles. The molecule has 1 saturated heterocycles. The van der Waals surface area contributed by atoms with Crippen molar-refractivity contribution in [1.29, 1.82) is 0 Å². The molecular weight excluding hydrogens is 599 g/mol. The second-order valence-electron chi connectivity index (χ2n) is 10.7. The topological polar surface area (TPSA) is 132 Å². The number of carboxylic acid groups (broad SMARTS) is 1. The van der Waals surface area contributed by atoms with Gasteiger partial charge in [-0.1, -0.05) is 35.4 Å². The number of piperazine rings is 1. The lowest BCUT2D eigenvalue weighted by Crippen LogP contribution is -2.51. The Morgan fingerprint density at radius 3 is 2.26 bits per heavy atom. The molecule has 5 rings (SSSR count). The number of aliphatic carboxylic acids is 1. The summed E-state index contributed by atoms with van der Waals surface area (Å²) in [5.74, 6) is -1.60. The number of nitrogens with one attached hydrogen (secondary N) is 2. The van der Waals surface area contributed by atoms with Gasteiger partial charge >= 0.3 is 12.1 Å². The minimum atomic E-state index is -5.08. The number of pyridine rings is 1. The number of halogens is 4. The van der Waals surface area contributed by atoms with Crippen LogP contribution in [0.2, 0.25) is 5.02 Å². The predicted octanol–water partition coefficient (Wildman–Crippen LogP) is 3.75. The number of alkyl halides is 3. The molecule has 42 heavy (non-hydrogen) atoms. The van der Waals surface area contributed by atoms with Crippen LogP contribution in [0.4, 0.5) is 19.0 Å². The van der Waals surface area contributed by atoms with Gasteiger partial charge in [-0.25, -0.2) is 18.2 Å². The smallest absolute Gasteiger partial charge is 0.475 e. The molecule has 230 valence electrons. The maximum absolute atomic E-state index is 13.2. The molecule has 2 aliphatic carbocycles. The van der Waals surface area contributed by atoms with Gasteiger partial charge in [-0.05, 0) is 55.7 Å². The Labute approximate surface area is 247 Å². The summed E-state index contributed by atoms with van der Waals surface area (Å²) in [5.41, 5.74) is 3.77. The first kappa shape index (κ1) is 32.0. The Hall–Kier alpha value is -2.94. The Morgan fingerprint density at radius 1 is 1.07 bits per heavy atom. The minimum Gasteiger partial charge on any atom is -0.475 e. The summed E-state index contributed by atoms with van der Waals surface area (Å²) >= 11 is 6.43. The van der Waals surface area contributed by atoms with E-state index in [1.54, 1.807) is 0 Å². The van der Waals surface area contributed by atoms with Crippen molar-refractivity contribution in [1.82, 2.24) is 19.5 Å². The minimum absolute atomic E-state index is 0.0114. The number of hydrogen-bond acceptors (Lipinski definition) is 7. The molecule has 15 heteroatoms. The van der Waals surface area contributed by atoms with E-state index in [4.69, 9.17) is 21.5 Å². The third kappa shape index (κ3) is 9.03. The maximum Gasteiger partial charge on any atom is 0.490 e. The number of aromatic nitrogens is 1. The van der Waals surface area contributed by atoms with Crippen LogP contribution in [-0.2, 0) is 26.2 Å². The molecule has 1 aliphatic heterocycles. The van der Waals surface area contributed by atoms with Crippen molar-refractivity contribution < 1.29 is 36.3 Å². The highest BCUT2D eigenvalue weighted by Crippen LogP contribution is 2.40. The van der Waals surface area contributed by atoms with Crippen molar-refractivity contribution in [2.75, 3.05) is 38.0 Å². The van der Waals surface area contributed by atoms with Gasteiger partial charge in [-0.3, -0.25) is 9.69 Å². The molecule has 10 nitrogen and oxygen atoms in total. The highest BCUT2D eigenvalue weighted by Gasteiger charge is 2.38. The number of carbonyl (C=O) groups is 2. The van der Waals surface area contributed by atoms with Crippen LogP contribution in [0.15, 0.2) is 35.4 Å². The summed E-state index contributed by atoms with van der Waals surface area (Å²) in [7, 11) is -3.71. The highest BCUT2D eigenvalue weighted by molar-refractivity contribution is 7.89. The largest absolute Gasteiger partial charge is 0.490 e. The molecule has 1 aromatic carbocycles. The van der Waals surface area contributed by atoms with Crippen LogP contribution in [0, 0.1) is 6.92 Å². The third-order valence-electron chi connectivity index (χ3n) is 7.01. The van der Waals surface area contributed by atoms with Crippen molar-refractivity contribution in [3.63, 3.8) is 0 Å². The average Bonchev–Trinajstić information content (AvgIpc) is 3.83. The molecule has 0 unspecified atom stereocenters. The van der Waals surface area contributed by atoms with Crippen molar-refractivity contribution in [2.45, 2.75) is 62.2 Å². The van der Waals surface area contributed by atoms with Gasteiger partial charge in [0, 0.05) is 45.0 Å². The van der Waals surface area contributed by atoms with E-state index in [1.807, 2.05) is 4.90 Å². The molecule has 3 N–H and O–H groups in total. The number of sulfonamides is 1. The van der Waals surface area contributed by atoms with Gasteiger partial charge in [0.15, 0.2) is 0 Å². The van der Waals surface area contributed by atoms with E-state index in [0.29, 0.717) is 57.0 Å². The molecule has 0 spiro atoms. The van der Waals surface area contributed by atoms with Crippen molar-refractivity contribution in [2.24, 2.45) is 0 Å². The molecule has 0 atom stereocenters. The Bertz CT molecular complexity index is 1410. The first-order valence-electron chi connectivity index (χ1n) is 13.5. The van der Waals surface area contributed by atoms with E-state index >= 15 is 0 Å². The first-order valence-corrected chi connectivity index (χ1v) is 15.4. The van der Waals surface area contributed by atoms with Crippen LogP contribution in [0.1, 0.15) is 48.3 Å². The Morgan fingerprint density at radius 2 is 1.71 bits per heavy atom. The molecule has 3 fully saturated rings. The van der Waals surface area contributed by atoms with Gasteiger partial charge < -0.3 is 15.7 Å². The van der Waals surface area contributed by atoms with E-state index in [9.17, 15) is 26.4 Å². The van der Waals surface area contributed by atoms with E-state index in [0.717, 1.165) is 18.4 Å². The summed E-state index contributed by atoms with van der Waals surface area (Å²) in [6.07, 6.45) is 0.894. The van der Waals surface area contributed by atoms with Gasteiger partial charge in [0.25, 0.3) is 0 Å². The lowest BCUT2D eigenvalue weighted by Gasteiger charge is -2.33. The van der Waals surface area contributed by atoms with Crippen LogP contribution in [0.3, 0.4) is 0 Å². The molecule has 2 saturated carbocycles. The second kappa shape index (κ2) is 13.1. The predicted molar refractivity (Wildman–Crippen MR) is 150 cm³/mol. The summed E-state index contributed by atoms with van der Waals surface area (Å²) in [6, 6.07) is 8.40.